The average Bonchev–Trinajstić information content (AvgIpc) is 3.26. The van der Waals surface area contributed by atoms with Crippen molar-refractivity contribution in [3.63, 3.8) is 0 Å². The van der Waals surface area contributed by atoms with Crippen LogP contribution in [-0.2, 0) is 18.3 Å². The van der Waals surface area contributed by atoms with Crippen LogP contribution in [0, 0.1) is 0 Å². The lowest BCUT2D eigenvalue weighted by atomic mass is 9.81. The largest absolute Gasteiger partial charge is 0.493 e. The first-order chi connectivity index (χ1) is 15.7. The molecule has 1 aromatic carbocycles. The summed E-state index contributed by atoms with van der Waals surface area (Å²) in [6.45, 7) is 4.35. The molecule has 4 rings (SSSR count). The molecule has 2 aliphatic rings. The summed E-state index contributed by atoms with van der Waals surface area (Å²) in [7, 11) is 3.50. The first-order valence-electron chi connectivity index (χ1n) is 11.3. The molecule has 2 aromatic rings. The third-order valence-electron chi connectivity index (χ3n) is 6.89. The minimum atomic E-state index is -4.38. The molecule has 0 N–H and O–H groups in total. The number of carbonyl (C=O) groups is 1. The lowest BCUT2D eigenvalue weighted by Crippen LogP contribution is -2.56. The topological polar surface area (TPSA) is 46.9 Å². The number of nitrogens with zero attached hydrogens (tertiary/aromatic N) is 3. The summed E-state index contributed by atoms with van der Waals surface area (Å²) in [5.41, 5.74) is 0.0933. The standard InChI is InChI=1S/C24H30F3N3O3/c1-4-15-33-18-6-5-17(16-19(18)32-3)22(31)29-11-9-23(10-12-29)20-7-8-21(24(25,26)27)30(20)14-13-28(23)2/h5-8,16H,4,9-15H2,1-3H3. The van der Waals surface area contributed by atoms with Crippen LogP contribution in [0.5, 0.6) is 11.5 Å². The van der Waals surface area contributed by atoms with Crippen molar-refractivity contribution in [2.45, 2.75) is 44.4 Å². The summed E-state index contributed by atoms with van der Waals surface area (Å²) in [4.78, 5) is 17.1. The van der Waals surface area contributed by atoms with E-state index in [1.165, 1.54) is 17.7 Å². The van der Waals surface area contributed by atoms with Crippen LogP contribution in [0.2, 0.25) is 0 Å². The van der Waals surface area contributed by atoms with Crippen LogP contribution in [-0.4, -0.2) is 60.7 Å². The molecule has 2 aliphatic heterocycles. The Labute approximate surface area is 191 Å². The van der Waals surface area contributed by atoms with E-state index in [0.717, 1.165) is 6.42 Å². The summed E-state index contributed by atoms with van der Waals surface area (Å²) < 4.78 is 52.9. The van der Waals surface area contributed by atoms with Crippen LogP contribution in [0.3, 0.4) is 0 Å². The molecule has 1 fully saturated rings. The summed E-state index contributed by atoms with van der Waals surface area (Å²) in [5.74, 6) is 0.987. The Balaban J connectivity index is 1.52. The molecule has 0 radical (unpaired) electrons. The number of benzene rings is 1. The van der Waals surface area contributed by atoms with E-state index in [9.17, 15) is 18.0 Å². The molecule has 3 heterocycles. The number of piperidine rings is 1. The quantitative estimate of drug-likeness (QED) is 0.658. The molecule has 0 atom stereocenters. The molecule has 180 valence electrons. The zero-order valence-corrected chi connectivity index (χ0v) is 19.2. The third-order valence-corrected chi connectivity index (χ3v) is 6.89. The summed E-state index contributed by atoms with van der Waals surface area (Å²) in [6, 6.07) is 7.95. The van der Waals surface area contributed by atoms with Gasteiger partial charge in [0.1, 0.15) is 5.69 Å². The third kappa shape index (κ3) is 4.18. The zero-order valence-electron chi connectivity index (χ0n) is 19.2. The predicted molar refractivity (Wildman–Crippen MR) is 118 cm³/mol. The van der Waals surface area contributed by atoms with Crippen LogP contribution in [0.1, 0.15) is 47.9 Å². The van der Waals surface area contributed by atoms with Crippen molar-refractivity contribution < 1.29 is 27.4 Å². The number of hydrogen-bond donors (Lipinski definition) is 0. The summed E-state index contributed by atoms with van der Waals surface area (Å²) >= 11 is 0. The van der Waals surface area contributed by atoms with Crippen LogP contribution in [0.15, 0.2) is 30.3 Å². The number of likely N-dealkylation sites (tertiary alicyclic amines) is 1. The smallest absolute Gasteiger partial charge is 0.431 e. The monoisotopic (exact) mass is 465 g/mol. The normalized spacial score (nSPS) is 18.3. The Morgan fingerprint density at radius 2 is 1.79 bits per heavy atom. The Hall–Kier alpha value is -2.68. The molecule has 0 unspecified atom stereocenters. The van der Waals surface area contributed by atoms with E-state index < -0.39 is 17.4 Å². The molecule has 33 heavy (non-hydrogen) atoms. The number of hydrogen-bond acceptors (Lipinski definition) is 4. The van der Waals surface area contributed by atoms with Crippen molar-refractivity contribution in [3.8, 4) is 11.5 Å². The number of likely N-dealkylation sites (N-methyl/N-ethyl adjacent to an activating group) is 1. The van der Waals surface area contributed by atoms with Gasteiger partial charge in [0.25, 0.3) is 5.91 Å². The lowest BCUT2D eigenvalue weighted by Gasteiger charge is -2.50. The minimum Gasteiger partial charge on any atom is -0.493 e. The fourth-order valence-corrected chi connectivity index (χ4v) is 5.05. The number of methoxy groups -OCH3 is 1. The first-order valence-corrected chi connectivity index (χ1v) is 11.3. The van der Waals surface area contributed by atoms with E-state index in [0.29, 0.717) is 68.4 Å². The van der Waals surface area contributed by atoms with Gasteiger partial charge in [-0.15, -0.1) is 0 Å². The fraction of sp³-hybridized carbons (Fsp3) is 0.542. The molecule has 1 saturated heterocycles. The molecular weight excluding hydrogens is 435 g/mol. The second kappa shape index (κ2) is 8.93. The summed E-state index contributed by atoms with van der Waals surface area (Å²) in [5, 5.41) is 0. The lowest BCUT2D eigenvalue weighted by molar-refractivity contribution is -0.144. The Kier molecular flexibility index (Phi) is 6.35. The van der Waals surface area contributed by atoms with Crippen molar-refractivity contribution in [3.05, 3.63) is 47.3 Å². The number of fused-ring (bicyclic) bond motifs is 2. The highest BCUT2D eigenvalue weighted by atomic mass is 19.4. The number of aromatic nitrogens is 1. The highest BCUT2D eigenvalue weighted by Gasteiger charge is 2.47. The number of amides is 1. The highest BCUT2D eigenvalue weighted by molar-refractivity contribution is 5.95. The maximum absolute atomic E-state index is 13.5. The number of rotatable bonds is 5. The molecule has 0 saturated carbocycles. The van der Waals surface area contributed by atoms with Crippen molar-refractivity contribution in [1.29, 1.82) is 0 Å². The van der Waals surface area contributed by atoms with Crippen LogP contribution >= 0.6 is 0 Å². The molecule has 1 spiro atoms. The fourth-order valence-electron chi connectivity index (χ4n) is 5.05. The van der Waals surface area contributed by atoms with Gasteiger partial charge in [-0.25, -0.2) is 0 Å². The Morgan fingerprint density at radius 3 is 2.42 bits per heavy atom. The number of ether oxygens (including phenoxy) is 2. The van der Waals surface area contributed by atoms with Crippen molar-refractivity contribution in [2.75, 3.05) is 40.4 Å². The predicted octanol–water partition coefficient (Wildman–Crippen LogP) is 4.38. The summed E-state index contributed by atoms with van der Waals surface area (Å²) in [6.07, 6.45) is -2.36. The SMILES string of the molecule is CCCOc1ccc(C(=O)N2CCC3(CC2)c2ccc(C(F)(F)F)n2CCN3C)cc1OC. The maximum atomic E-state index is 13.5. The average molecular weight is 466 g/mol. The Bertz CT molecular complexity index is 1010. The van der Waals surface area contributed by atoms with E-state index in [2.05, 4.69) is 4.90 Å². The van der Waals surface area contributed by atoms with E-state index >= 15 is 0 Å². The Morgan fingerprint density at radius 1 is 1.06 bits per heavy atom. The van der Waals surface area contributed by atoms with Gasteiger partial charge in [-0.3, -0.25) is 9.69 Å². The van der Waals surface area contributed by atoms with Gasteiger partial charge in [0, 0.05) is 37.4 Å². The van der Waals surface area contributed by atoms with Crippen molar-refractivity contribution >= 4 is 5.91 Å². The van der Waals surface area contributed by atoms with Gasteiger partial charge in [0.05, 0.1) is 19.3 Å². The van der Waals surface area contributed by atoms with Gasteiger partial charge < -0.3 is 18.9 Å². The molecule has 0 bridgehead atoms. The highest BCUT2D eigenvalue weighted by Crippen LogP contribution is 2.44. The molecule has 0 aliphatic carbocycles. The molecule has 1 aromatic heterocycles. The second-order valence-corrected chi connectivity index (χ2v) is 8.71. The van der Waals surface area contributed by atoms with E-state index in [1.54, 1.807) is 29.2 Å². The number of alkyl halides is 3. The molecular formula is C24H30F3N3O3. The van der Waals surface area contributed by atoms with Crippen LogP contribution in [0.4, 0.5) is 13.2 Å². The van der Waals surface area contributed by atoms with Gasteiger partial charge in [-0.05, 0) is 56.6 Å². The molecule has 1 amide bonds. The van der Waals surface area contributed by atoms with Gasteiger partial charge in [-0.2, -0.15) is 13.2 Å². The first kappa shape index (κ1) is 23.5. The van der Waals surface area contributed by atoms with Gasteiger partial charge in [0.15, 0.2) is 11.5 Å². The van der Waals surface area contributed by atoms with Crippen LogP contribution in [0.25, 0.3) is 0 Å². The van der Waals surface area contributed by atoms with E-state index in [1.807, 2.05) is 14.0 Å². The zero-order chi connectivity index (χ0) is 23.8. The van der Waals surface area contributed by atoms with E-state index in [-0.39, 0.29) is 5.91 Å². The van der Waals surface area contributed by atoms with E-state index in [4.69, 9.17) is 9.47 Å². The van der Waals surface area contributed by atoms with Gasteiger partial charge in [0.2, 0.25) is 0 Å². The number of carbonyl (C=O) groups excluding carboxylic acids is 1. The van der Waals surface area contributed by atoms with Crippen LogP contribution < -0.4 is 9.47 Å². The minimum absolute atomic E-state index is 0.116. The van der Waals surface area contributed by atoms with Crippen molar-refractivity contribution in [2.24, 2.45) is 0 Å². The van der Waals surface area contributed by atoms with Gasteiger partial charge >= 0.3 is 6.18 Å². The maximum Gasteiger partial charge on any atom is 0.431 e. The van der Waals surface area contributed by atoms with Crippen molar-refractivity contribution in [1.82, 2.24) is 14.4 Å². The molecule has 9 heteroatoms. The number of halogens is 3. The second-order valence-electron chi connectivity index (χ2n) is 8.71. The molecule has 6 nitrogen and oxygen atoms in total. The van der Waals surface area contributed by atoms with Gasteiger partial charge in [-0.1, -0.05) is 6.92 Å².